The topological polar surface area (TPSA) is 40.5 Å². The summed E-state index contributed by atoms with van der Waals surface area (Å²) >= 11 is 0. The Labute approximate surface area is 151 Å². The van der Waals surface area contributed by atoms with Crippen molar-refractivity contribution in [3.8, 4) is 0 Å². The molecule has 4 heteroatoms. The monoisotopic (exact) mass is 351 g/mol. The van der Waals surface area contributed by atoms with Crippen molar-refractivity contribution in [2.24, 2.45) is 0 Å². The average Bonchev–Trinajstić information content (AvgIpc) is 2.39. The molecule has 0 aromatic rings. The van der Waals surface area contributed by atoms with Crippen LogP contribution in [-0.2, 0) is 0 Å². The number of hydrogen-bond donors (Lipinski definition) is 2. The number of hydrogen-bond acceptors (Lipinski definition) is 2. The van der Waals surface area contributed by atoms with Gasteiger partial charge in [0.05, 0.1) is 13.6 Å². The van der Waals surface area contributed by atoms with Crippen molar-refractivity contribution in [1.82, 2.24) is 0 Å². The lowest BCUT2D eigenvalue weighted by atomic mass is 10.1. The summed E-state index contributed by atoms with van der Waals surface area (Å²) in [4.78, 5) is 0. The molecular weight excluding hydrogens is 310 g/mol. The van der Waals surface area contributed by atoms with E-state index in [1.807, 2.05) is 13.8 Å². The fourth-order valence-electron chi connectivity index (χ4n) is 3.51. The maximum Gasteiger partial charge on any atom is 0.105 e. The number of halogens is 1. The van der Waals surface area contributed by atoms with E-state index in [9.17, 15) is 10.2 Å². The van der Waals surface area contributed by atoms with Crippen molar-refractivity contribution in [2.75, 3.05) is 26.7 Å². The largest absolute Gasteiger partial charge is 1.00 e. The molecule has 0 aliphatic heterocycles. The lowest BCUT2D eigenvalue weighted by Gasteiger charge is -2.36. The minimum Gasteiger partial charge on any atom is -1.00 e. The fraction of sp³-hybridized carbons (Fsp3) is 1.00. The lowest BCUT2D eigenvalue weighted by Crippen LogP contribution is -3.00. The molecule has 0 aliphatic carbocycles. The van der Waals surface area contributed by atoms with E-state index in [2.05, 4.69) is 14.0 Å². The van der Waals surface area contributed by atoms with Crippen molar-refractivity contribution in [3.05, 3.63) is 0 Å². The quantitative estimate of drug-likeness (QED) is 0.343. The molecule has 2 unspecified atom stereocenters. The fourth-order valence-corrected chi connectivity index (χ4v) is 3.51. The van der Waals surface area contributed by atoms with Crippen molar-refractivity contribution in [2.45, 2.75) is 97.2 Å². The predicted molar refractivity (Wildman–Crippen MR) is 96.0 cm³/mol. The summed E-state index contributed by atoms with van der Waals surface area (Å²) in [6.07, 6.45) is 12.9. The molecular formula is C19H42ClNO2. The summed E-state index contributed by atoms with van der Waals surface area (Å²) in [5.74, 6) is 0. The molecule has 0 heterocycles. The zero-order chi connectivity index (χ0) is 16.8. The number of quaternary nitrogens is 1. The van der Waals surface area contributed by atoms with Gasteiger partial charge in [-0.25, -0.2) is 0 Å². The van der Waals surface area contributed by atoms with Crippen LogP contribution in [0.2, 0.25) is 0 Å². The summed E-state index contributed by atoms with van der Waals surface area (Å²) in [6.45, 7) is 8.49. The van der Waals surface area contributed by atoms with Crippen LogP contribution < -0.4 is 12.4 Å². The molecule has 142 valence electrons. The number of likely N-dealkylation sites (N-methyl/N-ethyl adjacent to an activating group) is 1. The van der Waals surface area contributed by atoms with Gasteiger partial charge in [0, 0.05) is 0 Å². The molecule has 0 aliphatic rings. The van der Waals surface area contributed by atoms with Crippen LogP contribution in [0.5, 0.6) is 0 Å². The second-order valence-corrected chi connectivity index (χ2v) is 7.59. The highest BCUT2D eigenvalue weighted by atomic mass is 35.5. The Morgan fingerprint density at radius 1 is 0.696 bits per heavy atom. The smallest absolute Gasteiger partial charge is 0.105 e. The van der Waals surface area contributed by atoms with Crippen molar-refractivity contribution in [1.29, 1.82) is 0 Å². The number of unbranched alkanes of at least 4 members (excludes halogenated alkanes) is 9. The lowest BCUT2D eigenvalue weighted by molar-refractivity contribution is -0.915. The Morgan fingerprint density at radius 3 is 1.39 bits per heavy atom. The van der Waals surface area contributed by atoms with E-state index in [4.69, 9.17) is 0 Å². The maximum absolute atomic E-state index is 9.66. The first-order chi connectivity index (χ1) is 10.4. The highest BCUT2D eigenvalue weighted by Gasteiger charge is 2.25. The maximum atomic E-state index is 9.66. The Morgan fingerprint density at radius 2 is 1.04 bits per heavy atom. The van der Waals surface area contributed by atoms with Gasteiger partial charge < -0.3 is 27.1 Å². The minimum atomic E-state index is -0.299. The molecule has 0 saturated heterocycles. The van der Waals surface area contributed by atoms with Crippen molar-refractivity contribution >= 4 is 0 Å². The number of nitrogens with zero attached hydrogens (tertiary/aromatic N) is 1. The first-order valence-electron chi connectivity index (χ1n) is 9.59. The van der Waals surface area contributed by atoms with E-state index in [1.165, 1.54) is 64.2 Å². The SMILES string of the molecule is CCCCCCCCCCCC[N+](C)(CC(C)O)CC(C)O.[Cl-]. The van der Waals surface area contributed by atoms with Gasteiger partial charge in [-0.1, -0.05) is 58.3 Å². The standard InChI is InChI=1S/C19H42NO2.ClH/c1-5-6-7-8-9-10-11-12-13-14-15-20(4,16-18(2)21)17-19(3)22;/h18-19,21-22H,5-17H2,1-4H3;1H/q+1;/p-1. The highest BCUT2D eigenvalue weighted by Crippen LogP contribution is 2.13. The summed E-state index contributed by atoms with van der Waals surface area (Å²) in [5, 5.41) is 19.3. The molecule has 0 bridgehead atoms. The first-order valence-corrected chi connectivity index (χ1v) is 9.59. The van der Waals surface area contributed by atoms with E-state index in [0.29, 0.717) is 0 Å². The van der Waals surface area contributed by atoms with Gasteiger partial charge in [0.2, 0.25) is 0 Å². The molecule has 0 radical (unpaired) electrons. The summed E-state index contributed by atoms with van der Waals surface area (Å²) in [7, 11) is 2.16. The molecule has 0 spiro atoms. The Hall–Kier alpha value is 0.170. The van der Waals surface area contributed by atoms with Gasteiger partial charge in [0.25, 0.3) is 0 Å². The van der Waals surface area contributed by atoms with Gasteiger partial charge in [0.15, 0.2) is 0 Å². The highest BCUT2D eigenvalue weighted by molar-refractivity contribution is 4.53. The second kappa shape index (κ2) is 15.7. The zero-order valence-electron chi connectivity index (χ0n) is 16.1. The molecule has 2 N–H and O–H groups in total. The van der Waals surface area contributed by atoms with Gasteiger partial charge in [-0.15, -0.1) is 0 Å². The molecule has 0 aromatic carbocycles. The molecule has 2 atom stereocenters. The van der Waals surface area contributed by atoms with E-state index in [-0.39, 0.29) is 24.6 Å². The molecule has 0 saturated carbocycles. The Balaban J connectivity index is 0. The number of aliphatic hydroxyl groups excluding tert-OH is 2. The van der Waals surface area contributed by atoms with Crippen LogP contribution in [-0.4, -0.2) is 53.6 Å². The van der Waals surface area contributed by atoms with Crippen molar-refractivity contribution < 1.29 is 27.1 Å². The second-order valence-electron chi connectivity index (χ2n) is 7.59. The third-order valence-corrected chi connectivity index (χ3v) is 4.46. The van der Waals surface area contributed by atoms with Crippen LogP contribution in [0.15, 0.2) is 0 Å². The number of aliphatic hydroxyl groups is 2. The third-order valence-electron chi connectivity index (χ3n) is 4.46. The van der Waals surface area contributed by atoms with Gasteiger partial charge in [-0.05, 0) is 26.7 Å². The molecule has 3 nitrogen and oxygen atoms in total. The molecule has 0 aromatic heterocycles. The average molecular weight is 352 g/mol. The van der Waals surface area contributed by atoms with Crippen LogP contribution in [0.1, 0.15) is 85.0 Å². The van der Waals surface area contributed by atoms with Crippen LogP contribution >= 0.6 is 0 Å². The molecule has 0 rings (SSSR count). The van der Waals surface area contributed by atoms with Crippen LogP contribution in [0.4, 0.5) is 0 Å². The molecule has 0 fully saturated rings. The van der Waals surface area contributed by atoms with Crippen LogP contribution in [0, 0.1) is 0 Å². The van der Waals surface area contributed by atoms with Crippen LogP contribution in [0.25, 0.3) is 0 Å². The van der Waals surface area contributed by atoms with Gasteiger partial charge in [0.1, 0.15) is 25.3 Å². The number of rotatable bonds is 15. The van der Waals surface area contributed by atoms with Crippen LogP contribution in [0.3, 0.4) is 0 Å². The molecule has 23 heavy (non-hydrogen) atoms. The van der Waals surface area contributed by atoms with E-state index in [1.54, 1.807) is 0 Å². The minimum absolute atomic E-state index is 0. The van der Waals surface area contributed by atoms with E-state index < -0.39 is 0 Å². The summed E-state index contributed by atoms with van der Waals surface area (Å²) < 4.78 is 0.784. The zero-order valence-corrected chi connectivity index (χ0v) is 16.8. The first kappa shape index (κ1) is 25.4. The van der Waals surface area contributed by atoms with Gasteiger partial charge >= 0.3 is 0 Å². The molecule has 0 amide bonds. The summed E-state index contributed by atoms with van der Waals surface area (Å²) in [5.41, 5.74) is 0. The summed E-state index contributed by atoms with van der Waals surface area (Å²) in [6, 6.07) is 0. The normalized spacial score (nSPS) is 16.4. The van der Waals surface area contributed by atoms with Gasteiger partial charge in [-0.3, -0.25) is 0 Å². The Kier molecular flexibility index (Phi) is 17.3. The van der Waals surface area contributed by atoms with E-state index >= 15 is 0 Å². The van der Waals surface area contributed by atoms with Crippen molar-refractivity contribution in [3.63, 3.8) is 0 Å². The van der Waals surface area contributed by atoms with E-state index in [0.717, 1.165) is 24.1 Å². The van der Waals surface area contributed by atoms with Gasteiger partial charge in [-0.2, -0.15) is 0 Å². The third kappa shape index (κ3) is 16.8. The Bertz CT molecular complexity index is 238. The predicted octanol–water partition coefficient (Wildman–Crippen LogP) is 1.12.